The third kappa shape index (κ3) is 4.18. The van der Waals surface area contributed by atoms with Crippen LogP contribution in [-0.4, -0.2) is 54.9 Å². The van der Waals surface area contributed by atoms with Crippen molar-refractivity contribution in [3.63, 3.8) is 0 Å². The first-order chi connectivity index (χ1) is 16.3. The van der Waals surface area contributed by atoms with Crippen LogP contribution in [0.2, 0.25) is 5.15 Å². The van der Waals surface area contributed by atoms with Gasteiger partial charge in [0.05, 0.1) is 11.1 Å². The molecule has 0 spiro atoms. The maximum atomic E-state index is 15.3. The Morgan fingerprint density at radius 3 is 2.62 bits per heavy atom. The molecule has 1 aromatic carbocycles. The first kappa shape index (κ1) is 22.5. The van der Waals surface area contributed by atoms with E-state index in [1.54, 1.807) is 18.3 Å². The van der Waals surface area contributed by atoms with Crippen LogP contribution in [0.4, 0.5) is 4.39 Å². The Balaban J connectivity index is 1.63. The second-order valence-corrected chi connectivity index (χ2v) is 9.18. The SMILES string of the molecule is CN1CCC(n2cc(-c3c[nH]nc3Cl)c3cc(C#CC(C)(O)c4ncccn4)c(F)cc32)CC1. The second kappa shape index (κ2) is 8.84. The van der Waals surface area contributed by atoms with Gasteiger partial charge in [-0.15, -0.1) is 0 Å². The van der Waals surface area contributed by atoms with Crippen LogP contribution in [0.15, 0.2) is 43.0 Å². The highest BCUT2D eigenvalue weighted by atomic mass is 35.5. The number of nitrogens with one attached hydrogen (secondary N) is 1. The number of hydrogen-bond acceptors (Lipinski definition) is 5. The quantitative estimate of drug-likeness (QED) is 0.432. The molecule has 0 saturated carbocycles. The van der Waals surface area contributed by atoms with Crippen molar-refractivity contribution in [1.29, 1.82) is 0 Å². The number of aromatic nitrogens is 5. The van der Waals surface area contributed by atoms with Crippen LogP contribution in [0, 0.1) is 17.7 Å². The van der Waals surface area contributed by atoms with Gasteiger partial charge in [-0.3, -0.25) is 5.10 Å². The molecule has 4 aromatic rings. The summed E-state index contributed by atoms with van der Waals surface area (Å²) in [6, 6.07) is 5.13. The number of aliphatic hydroxyl groups is 1. The smallest absolute Gasteiger partial charge is 0.182 e. The zero-order chi connectivity index (χ0) is 23.9. The highest BCUT2D eigenvalue weighted by Crippen LogP contribution is 2.38. The average molecular weight is 479 g/mol. The molecule has 34 heavy (non-hydrogen) atoms. The van der Waals surface area contributed by atoms with Crippen molar-refractivity contribution < 1.29 is 9.50 Å². The predicted octanol–water partition coefficient (Wildman–Crippen LogP) is 4.14. The third-order valence-electron chi connectivity index (χ3n) is 6.33. The minimum atomic E-state index is -1.63. The minimum Gasteiger partial charge on any atom is -0.371 e. The van der Waals surface area contributed by atoms with Crippen LogP contribution < -0.4 is 0 Å². The van der Waals surface area contributed by atoms with E-state index in [1.807, 2.05) is 6.20 Å². The fourth-order valence-corrected chi connectivity index (χ4v) is 4.62. The fraction of sp³-hybridized carbons (Fsp3) is 0.320. The molecule has 1 unspecified atom stereocenters. The van der Waals surface area contributed by atoms with Crippen LogP contribution in [0.1, 0.15) is 37.2 Å². The van der Waals surface area contributed by atoms with E-state index in [0.717, 1.165) is 48.0 Å². The maximum Gasteiger partial charge on any atom is 0.182 e. The molecule has 7 nitrogen and oxygen atoms in total. The van der Waals surface area contributed by atoms with E-state index >= 15 is 4.39 Å². The summed E-state index contributed by atoms with van der Waals surface area (Å²) in [6.07, 6.45) is 8.77. The number of rotatable bonds is 3. The molecule has 0 radical (unpaired) electrons. The maximum absolute atomic E-state index is 15.3. The van der Waals surface area contributed by atoms with E-state index < -0.39 is 11.4 Å². The molecule has 1 atom stereocenters. The summed E-state index contributed by atoms with van der Waals surface area (Å²) < 4.78 is 17.4. The van der Waals surface area contributed by atoms with Gasteiger partial charge >= 0.3 is 0 Å². The van der Waals surface area contributed by atoms with E-state index in [1.165, 1.54) is 25.4 Å². The van der Waals surface area contributed by atoms with Crippen molar-refractivity contribution in [3.8, 4) is 23.0 Å². The van der Waals surface area contributed by atoms with Crippen LogP contribution in [0.3, 0.4) is 0 Å². The zero-order valence-electron chi connectivity index (χ0n) is 18.9. The van der Waals surface area contributed by atoms with Crippen molar-refractivity contribution in [1.82, 2.24) is 29.6 Å². The molecule has 4 heterocycles. The zero-order valence-corrected chi connectivity index (χ0v) is 19.6. The number of fused-ring (bicyclic) bond motifs is 1. The van der Waals surface area contributed by atoms with Crippen molar-refractivity contribution in [3.05, 3.63) is 65.3 Å². The molecular formula is C25H24ClFN6O. The molecule has 0 amide bonds. The molecule has 1 fully saturated rings. The summed E-state index contributed by atoms with van der Waals surface area (Å²) in [6.45, 7) is 3.45. The Morgan fingerprint density at radius 1 is 1.21 bits per heavy atom. The van der Waals surface area contributed by atoms with Crippen molar-refractivity contribution in [2.24, 2.45) is 0 Å². The van der Waals surface area contributed by atoms with Crippen LogP contribution >= 0.6 is 11.6 Å². The molecule has 5 rings (SSSR count). The van der Waals surface area contributed by atoms with Crippen molar-refractivity contribution in [2.45, 2.75) is 31.4 Å². The number of likely N-dealkylation sites (tertiary alicyclic amines) is 1. The Kier molecular flexibility index (Phi) is 5.86. The van der Waals surface area contributed by atoms with Crippen molar-refractivity contribution in [2.75, 3.05) is 20.1 Å². The van der Waals surface area contributed by atoms with E-state index in [9.17, 15) is 5.11 Å². The molecule has 1 saturated heterocycles. The molecule has 0 aliphatic carbocycles. The molecular weight excluding hydrogens is 455 g/mol. The van der Waals surface area contributed by atoms with Gasteiger partial charge in [0.2, 0.25) is 0 Å². The Hall–Kier alpha value is -3.25. The third-order valence-corrected chi connectivity index (χ3v) is 6.62. The number of benzene rings is 1. The average Bonchev–Trinajstić information content (AvgIpc) is 3.41. The molecule has 9 heteroatoms. The lowest BCUT2D eigenvalue weighted by atomic mass is 10.0. The lowest BCUT2D eigenvalue weighted by Gasteiger charge is -2.30. The van der Waals surface area contributed by atoms with E-state index in [2.05, 4.69) is 48.5 Å². The Labute approximate surface area is 201 Å². The Morgan fingerprint density at radius 2 is 1.94 bits per heavy atom. The second-order valence-electron chi connectivity index (χ2n) is 8.82. The summed E-state index contributed by atoms with van der Waals surface area (Å²) in [5.74, 6) is 5.22. The van der Waals surface area contributed by atoms with Gasteiger partial charge in [0.15, 0.2) is 16.6 Å². The summed E-state index contributed by atoms with van der Waals surface area (Å²) >= 11 is 6.34. The predicted molar refractivity (Wildman–Crippen MR) is 129 cm³/mol. The van der Waals surface area contributed by atoms with Gasteiger partial charge in [-0.2, -0.15) is 5.10 Å². The normalized spacial score (nSPS) is 16.9. The highest BCUT2D eigenvalue weighted by molar-refractivity contribution is 6.32. The topological polar surface area (TPSA) is 82.9 Å². The summed E-state index contributed by atoms with van der Waals surface area (Å²) in [7, 11) is 2.11. The van der Waals surface area contributed by atoms with Gasteiger partial charge in [0, 0.05) is 47.3 Å². The number of H-pyrrole nitrogens is 1. The minimum absolute atomic E-state index is 0.156. The van der Waals surface area contributed by atoms with E-state index in [0.29, 0.717) is 5.15 Å². The largest absolute Gasteiger partial charge is 0.371 e. The molecule has 1 aliphatic rings. The molecule has 3 aromatic heterocycles. The standard InChI is InChI=1S/C25H24ClFN6O/c1-25(34,24-28-8-3-9-29-24)7-4-16-12-18-20(19-14-30-31-23(19)26)15-33(22(18)13-21(16)27)17-5-10-32(2)11-6-17/h3,8-9,12-15,17,34H,5-6,10-11H2,1-2H3,(H,30,31). The van der Waals surface area contributed by atoms with E-state index in [-0.39, 0.29) is 17.4 Å². The number of hydrogen-bond donors (Lipinski definition) is 2. The molecule has 0 bridgehead atoms. The van der Waals surface area contributed by atoms with Gasteiger partial charge in [0.25, 0.3) is 0 Å². The number of piperidine rings is 1. The molecule has 2 N–H and O–H groups in total. The van der Waals surface area contributed by atoms with Gasteiger partial charge in [-0.05, 0) is 58.1 Å². The Bertz CT molecular complexity index is 1390. The number of nitrogens with zero attached hydrogens (tertiary/aromatic N) is 5. The monoisotopic (exact) mass is 478 g/mol. The summed E-state index contributed by atoms with van der Waals surface area (Å²) in [4.78, 5) is 10.4. The van der Waals surface area contributed by atoms with E-state index in [4.69, 9.17) is 11.6 Å². The lowest BCUT2D eigenvalue weighted by Crippen LogP contribution is -2.31. The number of aromatic amines is 1. The highest BCUT2D eigenvalue weighted by Gasteiger charge is 2.25. The van der Waals surface area contributed by atoms with Crippen LogP contribution in [0.5, 0.6) is 0 Å². The van der Waals surface area contributed by atoms with Gasteiger partial charge < -0.3 is 14.6 Å². The summed E-state index contributed by atoms with van der Waals surface area (Å²) in [5, 5.41) is 18.7. The first-order valence-electron chi connectivity index (χ1n) is 11.1. The number of halogens is 2. The van der Waals surface area contributed by atoms with Gasteiger partial charge in [-0.1, -0.05) is 23.4 Å². The lowest BCUT2D eigenvalue weighted by molar-refractivity contribution is 0.112. The van der Waals surface area contributed by atoms with Crippen LogP contribution in [0.25, 0.3) is 22.0 Å². The first-order valence-corrected chi connectivity index (χ1v) is 11.5. The van der Waals surface area contributed by atoms with Crippen LogP contribution in [-0.2, 0) is 5.60 Å². The van der Waals surface area contributed by atoms with Crippen molar-refractivity contribution >= 4 is 22.5 Å². The summed E-state index contributed by atoms with van der Waals surface area (Å²) in [5.41, 5.74) is 0.926. The van der Waals surface area contributed by atoms with Gasteiger partial charge in [-0.25, -0.2) is 14.4 Å². The molecule has 174 valence electrons. The fourth-order valence-electron chi connectivity index (χ4n) is 4.41. The molecule has 1 aliphatic heterocycles. The van der Waals surface area contributed by atoms with Gasteiger partial charge in [0.1, 0.15) is 5.82 Å².